The molecular weight excluding hydrogens is 236 g/mol. The molecule has 1 saturated heterocycles. The number of nitrogens with one attached hydrogen (secondary N) is 1. The molecule has 2 atom stereocenters. The summed E-state index contributed by atoms with van der Waals surface area (Å²) in [5, 5.41) is 0. The van der Waals surface area contributed by atoms with E-state index in [1.54, 1.807) is 0 Å². The third kappa shape index (κ3) is 5.46. The summed E-state index contributed by atoms with van der Waals surface area (Å²) in [5.41, 5.74) is -0.338. The van der Waals surface area contributed by atoms with E-state index in [1.165, 1.54) is 12.8 Å². The number of likely N-dealkylation sites (tertiary alicyclic amines) is 1. The molecule has 0 aromatic carbocycles. The second kappa shape index (κ2) is 6.27. The minimum absolute atomic E-state index is 0.338. The predicted molar refractivity (Wildman–Crippen MR) is 70.1 cm³/mol. The van der Waals surface area contributed by atoms with Crippen LogP contribution in [0, 0.1) is 11.8 Å². The van der Waals surface area contributed by atoms with Gasteiger partial charge in [-0.2, -0.15) is 0 Å². The molecular formula is C12H25N2O2S-. The van der Waals surface area contributed by atoms with Gasteiger partial charge in [-0.3, -0.25) is 4.21 Å². The van der Waals surface area contributed by atoms with Gasteiger partial charge in [0.05, 0.1) is 0 Å². The molecule has 17 heavy (non-hydrogen) atoms. The first-order valence-corrected chi connectivity index (χ1v) is 7.43. The Kier molecular flexibility index (Phi) is 5.57. The van der Waals surface area contributed by atoms with Crippen LogP contribution in [-0.2, 0) is 11.3 Å². The quantitative estimate of drug-likeness (QED) is 0.763. The molecule has 2 unspecified atom stereocenters. The zero-order valence-corrected chi connectivity index (χ0v) is 12.2. The van der Waals surface area contributed by atoms with Gasteiger partial charge in [0, 0.05) is 16.8 Å². The van der Waals surface area contributed by atoms with Gasteiger partial charge in [-0.1, -0.05) is 6.92 Å². The maximum absolute atomic E-state index is 10.7. The smallest absolute Gasteiger partial charge is 0.0241 e. The fraction of sp³-hybridized carbons (Fsp3) is 1.00. The highest BCUT2D eigenvalue weighted by Gasteiger charge is 2.27. The molecule has 0 aromatic rings. The Morgan fingerprint density at radius 3 is 2.47 bits per heavy atom. The highest BCUT2D eigenvalue weighted by molar-refractivity contribution is 7.77. The Labute approximate surface area is 108 Å². The third-order valence-corrected chi connectivity index (χ3v) is 4.48. The lowest BCUT2D eigenvalue weighted by atomic mass is 9.79. The average Bonchev–Trinajstić information content (AvgIpc) is 2.15. The molecule has 0 saturated carbocycles. The molecule has 5 heteroatoms. The van der Waals surface area contributed by atoms with Crippen LogP contribution in [0.1, 0.15) is 40.0 Å². The lowest BCUT2D eigenvalue weighted by molar-refractivity contribution is 0.158. The summed E-state index contributed by atoms with van der Waals surface area (Å²) >= 11 is -2.17. The fourth-order valence-corrected chi connectivity index (χ4v) is 3.37. The van der Waals surface area contributed by atoms with Crippen molar-refractivity contribution in [1.29, 1.82) is 0 Å². The van der Waals surface area contributed by atoms with Crippen LogP contribution in [-0.4, -0.2) is 39.3 Å². The molecule has 1 rings (SSSR count). The second-order valence-electron chi connectivity index (χ2n) is 6.04. The summed E-state index contributed by atoms with van der Waals surface area (Å²) in [6.45, 7) is 8.47. The van der Waals surface area contributed by atoms with E-state index < -0.39 is 11.3 Å². The van der Waals surface area contributed by atoms with E-state index >= 15 is 0 Å². The minimum atomic E-state index is -2.17. The van der Waals surface area contributed by atoms with E-state index in [0.29, 0.717) is 5.92 Å². The molecule has 1 heterocycles. The van der Waals surface area contributed by atoms with Crippen LogP contribution >= 0.6 is 0 Å². The summed E-state index contributed by atoms with van der Waals surface area (Å²) in [4.78, 5) is 2.36. The molecule has 102 valence electrons. The maximum atomic E-state index is 10.7. The molecule has 0 radical (unpaired) electrons. The molecule has 1 N–H and O–H groups in total. The van der Waals surface area contributed by atoms with Crippen molar-refractivity contribution in [2.75, 3.05) is 20.1 Å². The first-order valence-electron chi connectivity index (χ1n) is 6.36. The average molecular weight is 261 g/mol. The van der Waals surface area contributed by atoms with E-state index in [2.05, 4.69) is 23.6 Å². The second-order valence-corrected chi connectivity index (χ2v) is 6.72. The zero-order chi connectivity index (χ0) is 13.1. The molecule has 0 bridgehead atoms. The van der Waals surface area contributed by atoms with E-state index in [0.717, 1.165) is 25.4 Å². The summed E-state index contributed by atoms with van der Waals surface area (Å²) in [6, 6.07) is 0. The van der Waals surface area contributed by atoms with E-state index in [4.69, 9.17) is 0 Å². The summed E-state index contributed by atoms with van der Waals surface area (Å²) in [5.74, 6) is 1.29. The van der Waals surface area contributed by atoms with Gasteiger partial charge in [0.2, 0.25) is 0 Å². The number of nitrogens with zero attached hydrogens (tertiary/aromatic N) is 1. The molecule has 1 aliphatic rings. The molecule has 0 amide bonds. The molecule has 1 aliphatic heterocycles. The van der Waals surface area contributed by atoms with Crippen molar-refractivity contribution in [3.8, 4) is 0 Å². The Balaban J connectivity index is 2.42. The monoisotopic (exact) mass is 261 g/mol. The SMILES string of the molecule is CC(CC(C)(C)NS(=O)[O-])C1CCN(C)CC1. The van der Waals surface area contributed by atoms with Crippen molar-refractivity contribution in [2.24, 2.45) is 11.8 Å². The first kappa shape index (κ1) is 15.1. The molecule has 1 fully saturated rings. The Hall–Kier alpha value is 0.0300. The van der Waals surface area contributed by atoms with E-state index in [9.17, 15) is 8.76 Å². The summed E-state index contributed by atoms with van der Waals surface area (Å²) in [6.07, 6.45) is 3.36. The van der Waals surface area contributed by atoms with Crippen LogP contribution in [0.3, 0.4) is 0 Å². The van der Waals surface area contributed by atoms with Crippen LogP contribution in [0.2, 0.25) is 0 Å². The van der Waals surface area contributed by atoms with Gasteiger partial charge >= 0.3 is 0 Å². The summed E-state index contributed by atoms with van der Waals surface area (Å²) in [7, 11) is 2.16. The van der Waals surface area contributed by atoms with Gasteiger partial charge in [-0.25, -0.2) is 4.72 Å². The zero-order valence-electron chi connectivity index (χ0n) is 11.4. The molecule has 0 spiro atoms. The van der Waals surface area contributed by atoms with Gasteiger partial charge in [-0.15, -0.1) is 0 Å². The predicted octanol–water partition coefficient (Wildman–Crippen LogP) is 1.52. The normalized spacial score (nSPS) is 23.6. The van der Waals surface area contributed by atoms with Crippen molar-refractivity contribution in [3.05, 3.63) is 0 Å². The lowest BCUT2D eigenvalue weighted by Gasteiger charge is -2.37. The third-order valence-electron chi connectivity index (χ3n) is 3.76. The summed E-state index contributed by atoms with van der Waals surface area (Å²) < 4.78 is 24.0. The van der Waals surface area contributed by atoms with Crippen molar-refractivity contribution in [1.82, 2.24) is 9.62 Å². The Bertz CT molecular complexity index is 263. The van der Waals surface area contributed by atoms with Crippen LogP contribution in [0.5, 0.6) is 0 Å². The van der Waals surface area contributed by atoms with Crippen molar-refractivity contribution in [2.45, 2.75) is 45.6 Å². The minimum Gasteiger partial charge on any atom is -0.760 e. The topological polar surface area (TPSA) is 55.4 Å². The van der Waals surface area contributed by atoms with E-state index in [1.807, 2.05) is 13.8 Å². The Morgan fingerprint density at radius 2 is 2.00 bits per heavy atom. The van der Waals surface area contributed by atoms with Crippen LogP contribution in [0.25, 0.3) is 0 Å². The van der Waals surface area contributed by atoms with Crippen LogP contribution in [0.4, 0.5) is 0 Å². The van der Waals surface area contributed by atoms with Crippen molar-refractivity contribution in [3.63, 3.8) is 0 Å². The van der Waals surface area contributed by atoms with Crippen LogP contribution < -0.4 is 4.72 Å². The number of hydrogen-bond donors (Lipinski definition) is 1. The number of rotatable bonds is 5. The molecule has 4 nitrogen and oxygen atoms in total. The Morgan fingerprint density at radius 1 is 1.47 bits per heavy atom. The number of hydrogen-bond acceptors (Lipinski definition) is 3. The van der Waals surface area contributed by atoms with Gasteiger partial charge in [0.1, 0.15) is 0 Å². The lowest BCUT2D eigenvalue weighted by Crippen LogP contribution is -2.43. The van der Waals surface area contributed by atoms with Gasteiger partial charge in [0.15, 0.2) is 0 Å². The van der Waals surface area contributed by atoms with Crippen LogP contribution in [0.15, 0.2) is 0 Å². The van der Waals surface area contributed by atoms with Gasteiger partial charge < -0.3 is 9.45 Å². The standard InChI is InChI=1S/C12H26N2O2S/c1-10(9-12(2,3)13-17(15)16)11-5-7-14(4)8-6-11/h10-11,13H,5-9H2,1-4H3,(H,15,16)/p-1. The highest BCUT2D eigenvalue weighted by atomic mass is 32.2. The highest BCUT2D eigenvalue weighted by Crippen LogP contribution is 2.30. The fourth-order valence-electron chi connectivity index (χ4n) is 2.84. The first-order chi connectivity index (χ1) is 7.80. The largest absolute Gasteiger partial charge is 0.760 e. The van der Waals surface area contributed by atoms with Crippen molar-refractivity contribution < 1.29 is 8.76 Å². The molecule has 0 aromatic heterocycles. The van der Waals surface area contributed by atoms with Gasteiger partial charge in [0.25, 0.3) is 0 Å². The number of piperidine rings is 1. The van der Waals surface area contributed by atoms with Gasteiger partial charge in [-0.05, 0) is 65.1 Å². The van der Waals surface area contributed by atoms with E-state index in [-0.39, 0.29) is 5.54 Å². The van der Waals surface area contributed by atoms with Crippen molar-refractivity contribution >= 4 is 11.3 Å². The molecule has 0 aliphatic carbocycles. The maximum Gasteiger partial charge on any atom is 0.0241 e.